The molecule has 2 fully saturated rings. The number of hydrogen-bond donors (Lipinski definition) is 1. The molecule has 1 atom stereocenters. The second-order valence-electron chi connectivity index (χ2n) is 6.25. The fourth-order valence-electron chi connectivity index (χ4n) is 3.10. The Balaban J connectivity index is 1.79. The average molecular weight is 311 g/mol. The van der Waals surface area contributed by atoms with Crippen LogP contribution in [0, 0.1) is 0 Å². The van der Waals surface area contributed by atoms with Gasteiger partial charge in [-0.3, -0.25) is 0 Å². The molecule has 1 aliphatic heterocycles. The molecule has 118 valence electrons. The van der Waals surface area contributed by atoms with Crippen molar-refractivity contribution in [1.82, 2.24) is 14.2 Å². The van der Waals surface area contributed by atoms with Gasteiger partial charge in [0.25, 0.3) is 0 Å². The quantitative estimate of drug-likeness (QED) is 0.872. The second-order valence-corrected chi connectivity index (χ2v) is 8.14. The van der Waals surface area contributed by atoms with Gasteiger partial charge in [0, 0.05) is 44.1 Å². The largest absolute Gasteiger partial charge is 0.352 e. The molecule has 5 nitrogen and oxygen atoms in total. The predicted octanol–water partition coefficient (Wildman–Crippen LogP) is 1.84. The lowest BCUT2D eigenvalue weighted by Gasteiger charge is -2.22. The van der Waals surface area contributed by atoms with Crippen LogP contribution < -0.4 is 5.32 Å². The molecule has 1 unspecified atom stereocenters. The van der Waals surface area contributed by atoms with Crippen molar-refractivity contribution < 1.29 is 8.42 Å². The number of sulfonamides is 1. The van der Waals surface area contributed by atoms with Crippen LogP contribution in [0.5, 0.6) is 0 Å². The van der Waals surface area contributed by atoms with Crippen LogP contribution in [0.3, 0.4) is 0 Å². The lowest BCUT2D eigenvalue weighted by molar-refractivity contribution is 0.379. The summed E-state index contributed by atoms with van der Waals surface area (Å²) in [6.45, 7) is 3.47. The van der Waals surface area contributed by atoms with Gasteiger partial charge in [0.05, 0.1) is 0 Å². The van der Waals surface area contributed by atoms with Crippen molar-refractivity contribution in [2.75, 3.05) is 6.54 Å². The fraction of sp³-hybridized carbons (Fsp3) is 0.733. The van der Waals surface area contributed by atoms with Crippen LogP contribution in [0.4, 0.5) is 0 Å². The molecule has 1 saturated heterocycles. The van der Waals surface area contributed by atoms with Crippen molar-refractivity contribution in [1.29, 1.82) is 0 Å². The standard InChI is InChI=1S/C15H25N3O2S/c1-3-13-5-4-8-18(13)21(19,20)15-9-14(17(2)11-15)10-16-12-6-7-12/h9,11-13,16H,3-8,10H2,1-2H3. The summed E-state index contributed by atoms with van der Waals surface area (Å²) in [5, 5.41) is 3.44. The third-order valence-corrected chi connectivity index (χ3v) is 6.55. The summed E-state index contributed by atoms with van der Waals surface area (Å²) >= 11 is 0. The Bertz CT molecular complexity index is 604. The lowest BCUT2D eigenvalue weighted by Crippen LogP contribution is -2.34. The van der Waals surface area contributed by atoms with E-state index >= 15 is 0 Å². The molecule has 2 aliphatic rings. The molecular formula is C15H25N3O2S. The van der Waals surface area contributed by atoms with E-state index in [-0.39, 0.29) is 6.04 Å². The maximum absolute atomic E-state index is 12.8. The highest BCUT2D eigenvalue weighted by Crippen LogP contribution is 2.28. The molecule has 0 amide bonds. The van der Waals surface area contributed by atoms with Crippen molar-refractivity contribution in [3.63, 3.8) is 0 Å². The number of nitrogens with one attached hydrogen (secondary N) is 1. The lowest BCUT2D eigenvalue weighted by atomic mass is 10.2. The van der Waals surface area contributed by atoms with E-state index in [1.54, 1.807) is 10.5 Å². The van der Waals surface area contributed by atoms with Crippen LogP contribution in [-0.4, -0.2) is 35.9 Å². The van der Waals surface area contributed by atoms with Crippen molar-refractivity contribution in [3.8, 4) is 0 Å². The Morgan fingerprint density at radius 1 is 1.33 bits per heavy atom. The Hall–Kier alpha value is -0.850. The zero-order valence-electron chi connectivity index (χ0n) is 12.9. The molecule has 1 N–H and O–H groups in total. The third kappa shape index (κ3) is 3.03. The molecular weight excluding hydrogens is 286 g/mol. The van der Waals surface area contributed by atoms with Crippen molar-refractivity contribution in [2.24, 2.45) is 7.05 Å². The number of aryl methyl sites for hydroxylation is 1. The van der Waals surface area contributed by atoms with Gasteiger partial charge in [-0.05, 0) is 38.2 Å². The van der Waals surface area contributed by atoms with Crippen LogP contribution in [0.2, 0.25) is 0 Å². The molecule has 1 saturated carbocycles. The van der Waals surface area contributed by atoms with Gasteiger partial charge in [-0.15, -0.1) is 0 Å². The molecule has 0 bridgehead atoms. The van der Waals surface area contributed by atoms with Gasteiger partial charge in [-0.1, -0.05) is 6.92 Å². The highest BCUT2D eigenvalue weighted by Gasteiger charge is 2.35. The SMILES string of the molecule is CCC1CCCN1S(=O)(=O)c1cc(CNC2CC2)n(C)c1. The summed E-state index contributed by atoms with van der Waals surface area (Å²) in [6, 6.07) is 2.63. The highest BCUT2D eigenvalue weighted by atomic mass is 32.2. The Morgan fingerprint density at radius 3 is 2.76 bits per heavy atom. The van der Waals surface area contributed by atoms with Gasteiger partial charge < -0.3 is 9.88 Å². The molecule has 6 heteroatoms. The fourth-order valence-corrected chi connectivity index (χ4v) is 4.96. The third-order valence-electron chi connectivity index (χ3n) is 4.63. The summed E-state index contributed by atoms with van der Waals surface area (Å²) in [6.07, 6.45) is 7.08. The topological polar surface area (TPSA) is 54.3 Å². The maximum atomic E-state index is 12.8. The van der Waals surface area contributed by atoms with Gasteiger partial charge >= 0.3 is 0 Å². The van der Waals surface area contributed by atoms with Gasteiger partial charge in [0.1, 0.15) is 4.90 Å². The zero-order valence-corrected chi connectivity index (χ0v) is 13.7. The molecule has 0 aromatic carbocycles. The Labute approximate surface area is 127 Å². The van der Waals surface area contributed by atoms with E-state index in [4.69, 9.17) is 0 Å². The summed E-state index contributed by atoms with van der Waals surface area (Å²) in [4.78, 5) is 0.443. The van der Waals surface area contributed by atoms with Crippen LogP contribution in [0.25, 0.3) is 0 Å². The van der Waals surface area contributed by atoms with Crippen LogP contribution in [-0.2, 0) is 23.6 Å². The zero-order chi connectivity index (χ0) is 15.0. The van der Waals surface area contributed by atoms with E-state index < -0.39 is 10.0 Å². The van der Waals surface area contributed by atoms with Gasteiger partial charge in [-0.2, -0.15) is 4.31 Å². The first kappa shape index (κ1) is 15.1. The van der Waals surface area contributed by atoms with E-state index in [1.807, 2.05) is 17.7 Å². The van der Waals surface area contributed by atoms with Crippen LogP contribution in [0.1, 0.15) is 44.7 Å². The maximum Gasteiger partial charge on any atom is 0.244 e. The predicted molar refractivity (Wildman–Crippen MR) is 82.5 cm³/mol. The summed E-state index contributed by atoms with van der Waals surface area (Å²) in [7, 11) is -1.42. The Morgan fingerprint density at radius 2 is 2.10 bits per heavy atom. The van der Waals surface area contributed by atoms with E-state index in [0.717, 1.165) is 31.5 Å². The minimum absolute atomic E-state index is 0.170. The summed E-state index contributed by atoms with van der Waals surface area (Å²) < 4.78 is 29.2. The number of rotatable bonds is 6. The molecule has 0 radical (unpaired) electrons. The van der Waals surface area contributed by atoms with E-state index in [0.29, 0.717) is 17.5 Å². The van der Waals surface area contributed by atoms with Crippen LogP contribution >= 0.6 is 0 Å². The minimum atomic E-state index is -3.34. The van der Waals surface area contributed by atoms with Gasteiger partial charge in [0.2, 0.25) is 10.0 Å². The first-order valence-electron chi connectivity index (χ1n) is 7.93. The van der Waals surface area contributed by atoms with E-state index in [9.17, 15) is 8.42 Å². The summed E-state index contributed by atoms with van der Waals surface area (Å²) in [5.74, 6) is 0. The number of aromatic nitrogens is 1. The van der Waals surface area contributed by atoms with Crippen LogP contribution in [0.15, 0.2) is 17.2 Å². The molecule has 1 aromatic rings. The van der Waals surface area contributed by atoms with Crippen molar-refractivity contribution >= 4 is 10.0 Å². The van der Waals surface area contributed by atoms with E-state index in [1.165, 1.54) is 12.8 Å². The first-order chi connectivity index (χ1) is 10.0. The second kappa shape index (κ2) is 5.74. The molecule has 0 spiro atoms. The molecule has 1 aromatic heterocycles. The molecule has 2 heterocycles. The monoisotopic (exact) mass is 311 g/mol. The summed E-state index contributed by atoms with van der Waals surface area (Å²) in [5.41, 5.74) is 1.03. The van der Waals surface area contributed by atoms with Gasteiger partial charge in [0.15, 0.2) is 0 Å². The van der Waals surface area contributed by atoms with Crippen molar-refractivity contribution in [2.45, 2.75) is 62.6 Å². The Kier molecular flexibility index (Phi) is 4.12. The van der Waals surface area contributed by atoms with Crippen molar-refractivity contribution in [3.05, 3.63) is 18.0 Å². The molecule has 3 rings (SSSR count). The normalized spacial score (nSPS) is 23.8. The van der Waals surface area contributed by atoms with Gasteiger partial charge in [-0.25, -0.2) is 8.42 Å². The first-order valence-corrected chi connectivity index (χ1v) is 9.37. The van der Waals surface area contributed by atoms with E-state index in [2.05, 4.69) is 12.2 Å². The highest BCUT2D eigenvalue weighted by molar-refractivity contribution is 7.89. The molecule has 1 aliphatic carbocycles. The molecule has 21 heavy (non-hydrogen) atoms. The smallest absolute Gasteiger partial charge is 0.244 e. The minimum Gasteiger partial charge on any atom is -0.352 e. The number of hydrogen-bond acceptors (Lipinski definition) is 3. The average Bonchev–Trinajstić information content (AvgIpc) is 3.00. The number of nitrogens with zero attached hydrogens (tertiary/aromatic N) is 2.